The Morgan fingerprint density at radius 3 is 2.50 bits per heavy atom. The van der Waals surface area contributed by atoms with Crippen LogP contribution in [0.2, 0.25) is 0 Å². The highest BCUT2D eigenvalue weighted by molar-refractivity contribution is 5.94. The SMILES string of the molecule is O=C(O)c1ccc2c(c1)nc(-c1ccc(CNc3cccc4ccccc34)cc1)n2C1CCCCC1. The molecule has 1 saturated carbocycles. The number of aromatic carboxylic acids is 1. The molecule has 0 aliphatic heterocycles. The van der Waals surface area contributed by atoms with E-state index in [0.717, 1.165) is 47.5 Å². The predicted octanol–water partition coefficient (Wildman–Crippen LogP) is 7.67. The number of aromatic nitrogens is 2. The Bertz CT molecular complexity index is 1540. The molecule has 5 heteroatoms. The normalized spacial score (nSPS) is 14.3. The Hall–Kier alpha value is -4.12. The first-order valence-corrected chi connectivity index (χ1v) is 12.7. The van der Waals surface area contributed by atoms with Gasteiger partial charge in [0.1, 0.15) is 5.82 Å². The summed E-state index contributed by atoms with van der Waals surface area (Å²) in [6, 6.07) is 29.0. The fourth-order valence-corrected chi connectivity index (χ4v) is 5.49. The molecule has 5 nitrogen and oxygen atoms in total. The molecule has 1 aromatic heterocycles. The van der Waals surface area contributed by atoms with Crippen LogP contribution in [0.1, 0.15) is 54.1 Å². The molecule has 0 spiro atoms. The molecule has 36 heavy (non-hydrogen) atoms. The number of anilines is 1. The van der Waals surface area contributed by atoms with E-state index in [4.69, 9.17) is 4.98 Å². The second-order valence-corrected chi connectivity index (χ2v) is 9.68. The maximum absolute atomic E-state index is 11.5. The van der Waals surface area contributed by atoms with Gasteiger partial charge >= 0.3 is 5.97 Å². The number of benzene rings is 4. The van der Waals surface area contributed by atoms with E-state index in [-0.39, 0.29) is 5.56 Å². The smallest absolute Gasteiger partial charge is 0.335 e. The first kappa shape index (κ1) is 22.4. The second-order valence-electron chi connectivity index (χ2n) is 9.68. The first-order chi connectivity index (χ1) is 17.7. The standard InChI is InChI=1S/C31H29N3O2/c35-31(36)24-17-18-29-28(19-24)33-30(34(29)25-9-2-1-3-10-25)23-15-13-21(14-16-23)20-32-27-12-6-8-22-7-4-5-11-26(22)27/h4-8,11-19,25,32H,1-3,9-10,20H2,(H,35,36). The van der Waals surface area contributed by atoms with Gasteiger partial charge in [-0.1, -0.05) is 79.9 Å². The number of hydrogen-bond acceptors (Lipinski definition) is 3. The minimum Gasteiger partial charge on any atom is -0.478 e. The van der Waals surface area contributed by atoms with Gasteiger partial charge in [-0.05, 0) is 48.1 Å². The van der Waals surface area contributed by atoms with E-state index in [1.807, 2.05) is 6.07 Å². The Kier molecular flexibility index (Phi) is 5.90. The number of carboxylic acid groups (broad SMARTS) is 1. The maximum atomic E-state index is 11.5. The van der Waals surface area contributed by atoms with Crippen LogP contribution in [0.15, 0.2) is 84.9 Å². The van der Waals surface area contributed by atoms with Crippen LogP contribution in [0.3, 0.4) is 0 Å². The molecule has 5 aromatic rings. The summed E-state index contributed by atoms with van der Waals surface area (Å²) in [4.78, 5) is 16.5. The molecule has 0 saturated heterocycles. The molecule has 0 radical (unpaired) electrons. The topological polar surface area (TPSA) is 67.2 Å². The average Bonchev–Trinajstić information content (AvgIpc) is 3.31. The number of imidazole rings is 1. The third-order valence-electron chi connectivity index (χ3n) is 7.36. The van der Waals surface area contributed by atoms with Crippen molar-refractivity contribution in [3.8, 4) is 11.4 Å². The van der Waals surface area contributed by atoms with Gasteiger partial charge in [-0.15, -0.1) is 0 Å². The van der Waals surface area contributed by atoms with Gasteiger partial charge in [0.2, 0.25) is 0 Å². The fraction of sp³-hybridized carbons (Fsp3) is 0.226. The predicted molar refractivity (Wildman–Crippen MR) is 146 cm³/mol. The average molecular weight is 476 g/mol. The van der Waals surface area contributed by atoms with Crippen molar-refractivity contribution in [1.82, 2.24) is 9.55 Å². The molecule has 1 aliphatic carbocycles. The molecule has 1 heterocycles. The Balaban J connectivity index is 1.31. The third-order valence-corrected chi connectivity index (χ3v) is 7.36. The van der Waals surface area contributed by atoms with Crippen LogP contribution in [0.5, 0.6) is 0 Å². The molecule has 0 unspecified atom stereocenters. The highest BCUT2D eigenvalue weighted by atomic mass is 16.4. The Labute approximate surface area is 210 Å². The first-order valence-electron chi connectivity index (χ1n) is 12.7. The van der Waals surface area contributed by atoms with Gasteiger partial charge in [-0.2, -0.15) is 0 Å². The lowest BCUT2D eigenvalue weighted by molar-refractivity contribution is 0.0697. The van der Waals surface area contributed by atoms with Crippen LogP contribution >= 0.6 is 0 Å². The molecule has 0 bridgehead atoms. The van der Waals surface area contributed by atoms with E-state index in [9.17, 15) is 9.90 Å². The summed E-state index contributed by atoms with van der Waals surface area (Å²) in [5.41, 5.74) is 5.42. The zero-order valence-electron chi connectivity index (χ0n) is 20.2. The van der Waals surface area contributed by atoms with Crippen LogP contribution in [-0.2, 0) is 6.54 Å². The minimum absolute atomic E-state index is 0.275. The van der Waals surface area contributed by atoms with Gasteiger partial charge in [0.05, 0.1) is 16.6 Å². The van der Waals surface area contributed by atoms with E-state index in [2.05, 4.69) is 76.6 Å². The number of nitrogens with zero attached hydrogens (tertiary/aromatic N) is 2. The second kappa shape index (κ2) is 9.50. The van der Waals surface area contributed by atoms with Crippen LogP contribution in [0.4, 0.5) is 5.69 Å². The summed E-state index contributed by atoms with van der Waals surface area (Å²) < 4.78 is 2.35. The van der Waals surface area contributed by atoms with Crippen LogP contribution in [0, 0.1) is 0 Å². The van der Waals surface area contributed by atoms with Crippen LogP contribution in [-0.4, -0.2) is 20.6 Å². The van der Waals surface area contributed by atoms with Gasteiger partial charge in [0, 0.05) is 29.2 Å². The number of carboxylic acids is 1. The van der Waals surface area contributed by atoms with Crippen molar-refractivity contribution >= 4 is 33.5 Å². The lowest BCUT2D eigenvalue weighted by Crippen LogP contribution is -2.14. The molecule has 1 aliphatic rings. The van der Waals surface area contributed by atoms with E-state index in [1.165, 1.54) is 35.6 Å². The zero-order valence-corrected chi connectivity index (χ0v) is 20.2. The third kappa shape index (κ3) is 4.22. The molecular weight excluding hydrogens is 446 g/mol. The lowest BCUT2D eigenvalue weighted by Gasteiger charge is -2.25. The van der Waals surface area contributed by atoms with Crippen molar-refractivity contribution in [1.29, 1.82) is 0 Å². The maximum Gasteiger partial charge on any atom is 0.335 e. The van der Waals surface area contributed by atoms with Crippen molar-refractivity contribution in [3.63, 3.8) is 0 Å². The summed E-state index contributed by atoms with van der Waals surface area (Å²) in [5.74, 6) is 0.00159. The highest BCUT2D eigenvalue weighted by Gasteiger charge is 2.23. The number of fused-ring (bicyclic) bond motifs is 2. The number of carbonyl (C=O) groups is 1. The van der Waals surface area contributed by atoms with Crippen molar-refractivity contribution < 1.29 is 9.90 Å². The summed E-state index contributed by atoms with van der Waals surface area (Å²) in [6.07, 6.45) is 5.98. The molecule has 180 valence electrons. The van der Waals surface area contributed by atoms with Gasteiger partial charge in [-0.25, -0.2) is 9.78 Å². The molecule has 4 aromatic carbocycles. The van der Waals surface area contributed by atoms with E-state index in [0.29, 0.717) is 6.04 Å². The van der Waals surface area contributed by atoms with Crippen molar-refractivity contribution in [2.45, 2.75) is 44.7 Å². The van der Waals surface area contributed by atoms with Gasteiger partial charge in [0.15, 0.2) is 0 Å². The van der Waals surface area contributed by atoms with Crippen molar-refractivity contribution in [2.75, 3.05) is 5.32 Å². The number of rotatable bonds is 6. The summed E-state index contributed by atoms with van der Waals surface area (Å²) in [6.45, 7) is 0.731. The van der Waals surface area contributed by atoms with E-state index in [1.54, 1.807) is 12.1 Å². The van der Waals surface area contributed by atoms with E-state index >= 15 is 0 Å². The van der Waals surface area contributed by atoms with Crippen LogP contribution < -0.4 is 5.32 Å². The number of hydrogen-bond donors (Lipinski definition) is 2. The number of nitrogens with one attached hydrogen (secondary N) is 1. The zero-order chi connectivity index (χ0) is 24.5. The minimum atomic E-state index is -0.922. The molecule has 2 N–H and O–H groups in total. The van der Waals surface area contributed by atoms with Crippen molar-refractivity contribution in [3.05, 3.63) is 96.1 Å². The molecule has 6 rings (SSSR count). The molecule has 0 amide bonds. The van der Waals surface area contributed by atoms with Gasteiger partial charge in [-0.3, -0.25) is 0 Å². The molecule has 0 atom stereocenters. The summed E-state index contributed by atoms with van der Waals surface area (Å²) >= 11 is 0. The lowest BCUT2D eigenvalue weighted by atomic mass is 9.94. The Morgan fingerprint density at radius 2 is 1.69 bits per heavy atom. The largest absolute Gasteiger partial charge is 0.478 e. The molecule has 1 fully saturated rings. The molecular formula is C31H29N3O2. The highest BCUT2D eigenvalue weighted by Crippen LogP contribution is 2.36. The van der Waals surface area contributed by atoms with Crippen molar-refractivity contribution in [2.24, 2.45) is 0 Å². The van der Waals surface area contributed by atoms with Crippen LogP contribution in [0.25, 0.3) is 33.2 Å². The van der Waals surface area contributed by atoms with Gasteiger partial charge in [0.25, 0.3) is 0 Å². The monoisotopic (exact) mass is 475 g/mol. The summed E-state index contributed by atoms with van der Waals surface area (Å²) in [7, 11) is 0. The van der Waals surface area contributed by atoms with E-state index < -0.39 is 5.97 Å². The van der Waals surface area contributed by atoms with Gasteiger partial charge < -0.3 is 15.0 Å². The quantitative estimate of drug-likeness (QED) is 0.264. The Morgan fingerprint density at radius 1 is 0.917 bits per heavy atom. The fourth-order valence-electron chi connectivity index (χ4n) is 5.49. The summed E-state index contributed by atoms with van der Waals surface area (Å²) in [5, 5.41) is 15.5.